The van der Waals surface area contributed by atoms with Gasteiger partial charge in [-0.1, -0.05) is 18.2 Å². The van der Waals surface area contributed by atoms with Crippen molar-refractivity contribution in [1.29, 1.82) is 0 Å². The van der Waals surface area contributed by atoms with Crippen LogP contribution in [-0.4, -0.2) is 37.3 Å². The summed E-state index contributed by atoms with van der Waals surface area (Å²) in [4.78, 5) is 11.8. The van der Waals surface area contributed by atoms with Gasteiger partial charge < -0.3 is 5.32 Å². The van der Waals surface area contributed by atoms with E-state index >= 15 is 0 Å². The maximum absolute atomic E-state index is 12.6. The minimum Gasteiger partial charge on any atom is -0.351 e. The number of carbonyl (C=O) groups is 1. The van der Waals surface area contributed by atoms with Gasteiger partial charge in [0.15, 0.2) is 0 Å². The first-order valence-corrected chi connectivity index (χ1v) is 8.82. The van der Waals surface area contributed by atoms with Crippen molar-refractivity contribution in [3.63, 3.8) is 0 Å². The van der Waals surface area contributed by atoms with Crippen molar-refractivity contribution in [2.24, 2.45) is 0 Å². The Morgan fingerprint density at radius 3 is 2.48 bits per heavy atom. The third-order valence-electron chi connectivity index (χ3n) is 4.52. The fraction of sp³-hybridized carbons (Fsp3) is 0.533. The van der Waals surface area contributed by atoms with Crippen LogP contribution in [0.25, 0.3) is 0 Å². The molecule has 1 aromatic carbocycles. The molecule has 1 N–H and O–H groups in total. The van der Waals surface area contributed by atoms with Gasteiger partial charge in [0.2, 0.25) is 15.9 Å². The Balaban J connectivity index is 1.78. The summed E-state index contributed by atoms with van der Waals surface area (Å²) in [6, 6.07) is 8.55. The molecule has 21 heavy (non-hydrogen) atoms. The quantitative estimate of drug-likeness (QED) is 0.900. The maximum Gasteiger partial charge on any atom is 0.243 e. The lowest BCUT2D eigenvalue weighted by Crippen LogP contribution is -2.42. The number of hydrogen-bond acceptors (Lipinski definition) is 3. The summed E-state index contributed by atoms with van der Waals surface area (Å²) in [5.41, 5.74) is -0.182. The van der Waals surface area contributed by atoms with E-state index in [9.17, 15) is 13.2 Å². The van der Waals surface area contributed by atoms with E-state index in [1.54, 1.807) is 28.6 Å². The zero-order valence-electron chi connectivity index (χ0n) is 11.9. The van der Waals surface area contributed by atoms with Crippen LogP contribution in [0.3, 0.4) is 0 Å². The number of rotatable bonds is 2. The average molecular weight is 308 g/mol. The first kappa shape index (κ1) is 14.5. The topological polar surface area (TPSA) is 66.5 Å². The largest absolute Gasteiger partial charge is 0.351 e. The molecule has 6 heteroatoms. The molecular weight excluding hydrogens is 288 g/mol. The molecule has 0 saturated carbocycles. The Labute approximate surface area is 125 Å². The smallest absolute Gasteiger partial charge is 0.243 e. The lowest BCUT2D eigenvalue weighted by molar-refractivity contribution is -0.119. The summed E-state index contributed by atoms with van der Waals surface area (Å²) < 4.78 is 26.8. The van der Waals surface area contributed by atoms with Gasteiger partial charge >= 0.3 is 0 Å². The van der Waals surface area contributed by atoms with Gasteiger partial charge in [-0.3, -0.25) is 4.79 Å². The Hall–Kier alpha value is -1.40. The molecule has 0 aliphatic carbocycles. The Kier molecular flexibility index (Phi) is 3.75. The van der Waals surface area contributed by atoms with E-state index in [1.165, 1.54) is 0 Å². The zero-order chi connectivity index (χ0) is 14.9. The van der Waals surface area contributed by atoms with E-state index in [0.717, 1.165) is 19.3 Å². The second-order valence-electron chi connectivity index (χ2n) is 5.90. The number of nitrogens with one attached hydrogen (secondary N) is 1. The number of amides is 1. The zero-order valence-corrected chi connectivity index (χ0v) is 12.7. The van der Waals surface area contributed by atoms with Crippen LogP contribution in [-0.2, 0) is 14.8 Å². The molecule has 2 heterocycles. The average Bonchev–Trinajstić information content (AvgIpc) is 2.71. The normalized spacial score (nSPS) is 27.5. The molecule has 1 atom stereocenters. The van der Waals surface area contributed by atoms with Gasteiger partial charge in [-0.25, -0.2) is 8.42 Å². The SMILES string of the molecule is O=C1CCC2(CCCN(S(=O)(=O)c3ccccc3)CC2)N1. The molecule has 1 spiro atoms. The molecule has 5 nitrogen and oxygen atoms in total. The van der Waals surface area contributed by atoms with Crippen LogP contribution in [0.1, 0.15) is 32.1 Å². The highest BCUT2D eigenvalue weighted by atomic mass is 32.2. The molecule has 1 amide bonds. The fourth-order valence-corrected chi connectivity index (χ4v) is 4.80. The predicted molar refractivity (Wildman–Crippen MR) is 79.2 cm³/mol. The molecule has 114 valence electrons. The molecule has 2 aliphatic rings. The van der Waals surface area contributed by atoms with Crippen molar-refractivity contribution in [2.75, 3.05) is 13.1 Å². The van der Waals surface area contributed by atoms with E-state index in [1.807, 2.05) is 6.07 Å². The van der Waals surface area contributed by atoms with Crippen molar-refractivity contribution >= 4 is 15.9 Å². The first-order valence-electron chi connectivity index (χ1n) is 7.38. The number of sulfonamides is 1. The summed E-state index contributed by atoms with van der Waals surface area (Å²) in [7, 11) is -3.42. The van der Waals surface area contributed by atoms with Gasteiger partial charge in [-0.05, 0) is 37.8 Å². The lowest BCUT2D eigenvalue weighted by Gasteiger charge is -2.27. The van der Waals surface area contributed by atoms with E-state index in [-0.39, 0.29) is 11.4 Å². The molecule has 0 bridgehead atoms. The predicted octanol–water partition coefficient (Wildman–Crippen LogP) is 1.51. The second-order valence-corrected chi connectivity index (χ2v) is 7.84. The lowest BCUT2D eigenvalue weighted by atomic mass is 9.89. The van der Waals surface area contributed by atoms with Crippen LogP contribution in [0.15, 0.2) is 35.2 Å². The van der Waals surface area contributed by atoms with Gasteiger partial charge in [0.05, 0.1) is 4.90 Å². The summed E-state index contributed by atoms with van der Waals surface area (Å²) in [6.45, 7) is 0.992. The van der Waals surface area contributed by atoms with E-state index in [0.29, 0.717) is 30.8 Å². The van der Waals surface area contributed by atoms with Gasteiger partial charge in [-0.15, -0.1) is 0 Å². The highest BCUT2D eigenvalue weighted by molar-refractivity contribution is 7.89. The minimum atomic E-state index is -3.42. The minimum absolute atomic E-state index is 0.0920. The number of hydrogen-bond donors (Lipinski definition) is 1. The van der Waals surface area contributed by atoms with Crippen LogP contribution < -0.4 is 5.32 Å². The Morgan fingerprint density at radius 1 is 1.05 bits per heavy atom. The number of benzene rings is 1. The molecule has 0 radical (unpaired) electrons. The van der Waals surface area contributed by atoms with E-state index in [4.69, 9.17) is 0 Å². The molecule has 2 saturated heterocycles. The van der Waals surface area contributed by atoms with Crippen molar-refractivity contribution in [2.45, 2.75) is 42.5 Å². The number of carbonyl (C=O) groups excluding carboxylic acids is 1. The third-order valence-corrected chi connectivity index (χ3v) is 6.43. The van der Waals surface area contributed by atoms with Crippen LogP contribution in [0.4, 0.5) is 0 Å². The summed E-state index contributed by atoms with van der Waals surface area (Å²) in [6.07, 6.45) is 3.73. The Morgan fingerprint density at radius 2 is 1.81 bits per heavy atom. The number of nitrogens with zero attached hydrogens (tertiary/aromatic N) is 1. The van der Waals surface area contributed by atoms with Crippen LogP contribution >= 0.6 is 0 Å². The standard InChI is InChI=1S/C15H20N2O3S/c18-14-7-9-15(16-14)8-4-11-17(12-10-15)21(19,20)13-5-2-1-3-6-13/h1-3,5-6H,4,7-12H2,(H,16,18). The second kappa shape index (κ2) is 5.42. The summed E-state index contributed by atoms with van der Waals surface area (Å²) in [5.74, 6) is 0.0920. The van der Waals surface area contributed by atoms with Crippen LogP contribution in [0, 0.1) is 0 Å². The molecule has 2 aliphatic heterocycles. The third kappa shape index (κ3) is 2.82. The van der Waals surface area contributed by atoms with Crippen molar-refractivity contribution in [3.05, 3.63) is 30.3 Å². The molecule has 3 rings (SSSR count). The first-order chi connectivity index (χ1) is 10.0. The molecular formula is C15H20N2O3S. The maximum atomic E-state index is 12.6. The van der Waals surface area contributed by atoms with Gasteiger partial charge in [0.25, 0.3) is 0 Å². The van der Waals surface area contributed by atoms with E-state index in [2.05, 4.69) is 5.32 Å². The molecule has 0 aromatic heterocycles. The highest BCUT2D eigenvalue weighted by Gasteiger charge is 2.40. The summed E-state index contributed by atoms with van der Waals surface area (Å²) in [5, 5.41) is 3.06. The van der Waals surface area contributed by atoms with Gasteiger partial charge in [0, 0.05) is 25.0 Å². The monoisotopic (exact) mass is 308 g/mol. The highest BCUT2D eigenvalue weighted by Crippen LogP contribution is 2.32. The van der Waals surface area contributed by atoms with Crippen molar-refractivity contribution in [1.82, 2.24) is 9.62 Å². The van der Waals surface area contributed by atoms with Crippen molar-refractivity contribution < 1.29 is 13.2 Å². The van der Waals surface area contributed by atoms with E-state index < -0.39 is 10.0 Å². The molecule has 1 aromatic rings. The Bertz CT molecular complexity index is 630. The fourth-order valence-electron chi connectivity index (χ4n) is 3.30. The van der Waals surface area contributed by atoms with Crippen LogP contribution in [0.2, 0.25) is 0 Å². The van der Waals surface area contributed by atoms with Crippen molar-refractivity contribution in [3.8, 4) is 0 Å². The van der Waals surface area contributed by atoms with Gasteiger partial charge in [-0.2, -0.15) is 4.31 Å². The van der Waals surface area contributed by atoms with Gasteiger partial charge in [0.1, 0.15) is 0 Å². The summed E-state index contributed by atoms with van der Waals surface area (Å²) >= 11 is 0. The molecule has 1 unspecified atom stereocenters. The molecule has 2 fully saturated rings. The van der Waals surface area contributed by atoms with Crippen LogP contribution in [0.5, 0.6) is 0 Å².